The van der Waals surface area contributed by atoms with Gasteiger partial charge in [-0.2, -0.15) is 0 Å². The van der Waals surface area contributed by atoms with Crippen LogP contribution in [0.5, 0.6) is 0 Å². The Hall–Kier alpha value is -2.96. The van der Waals surface area contributed by atoms with E-state index in [-0.39, 0.29) is 17.6 Å². The molecule has 3 rings (SSSR count). The van der Waals surface area contributed by atoms with Crippen molar-refractivity contribution in [3.05, 3.63) is 59.7 Å². The van der Waals surface area contributed by atoms with Crippen molar-refractivity contribution >= 4 is 17.5 Å². The van der Waals surface area contributed by atoms with Crippen LogP contribution >= 0.6 is 0 Å². The first kappa shape index (κ1) is 20.8. The monoisotopic (exact) mass is 398 g/mol. The molecule has 7 heteroatoms. The number of rotatable bonds is 6. The number of halogens is 1. The van der Waals surface area contributed by atoms with Crippen molar-refractivity contribution in [3.63, 3.8) is 0 Å². The van der Waals surface area contributed by atoms with Gasteiger partial charge < -0.3 is 14.7 Å². The summed E-state index contributed by atoms with van der Waals surface area (Å²) in [6, 6.07) is 8.28. The van der Waals surface area contributed by atoms with Crippen LogP contribution in [-0.2, 0) is 0 Å². The van der Waals surface area contributed by atoms with Crippen LogP contribution in [0.25, 0.3) is 0 Å². The zero-order valence-electron chi connectivity index (χ0n) is 17.0. The highest BCUT2D eigenvalue weighted by Crippen LogP contribution is 2.21. The Labute approximate surface area is 170 Å². The number of para-hydroxylation sites is 1. The molecule has 154 valence electrons. The van der Waals surface area contributed by atoms with Crippen LogP contribution in [0.15, 0.2) is 42.7 Å². The fraction of sp³-hybridized carbons (Fsp3) is 0.409. The molecule has 0 spiro atoms. The Balaban J connectivity index is 1.64. The first-order chi connectivity index (χ1) is 14.0. The Morgan fingerprint density at radius 3 is 2.48 bits per heavy atom. The molecule has 1 aromatic heterocycles. The van der Waals surface area contributed by atoms with E-state index in [0.29, 0.717) is 49.5 Å². The Kier molecular flexibility index (Phi) is 6.80. The van der Waals surface area contributed by atoms with Crippen molar-refractivity contribution < 1.29 is 14.0 Å². The van der Waals surface area contributed by atoms with E-state index in [4.69, 9.17) is 0 Å². The summed E-state index contributed by atoms with van der Waals surface area (Å²) >= 11 is 0. The number of unbranched alkanes of at least 4 members (excludes halogenated alkanes) is 1. The summed E-state index contributed by atoms with van der Waals surface area (Å²) in [4.78, 5) is 34.9. The minimum Gasteiger partial charge on any atom is -0.366 e. The van der Waals surface area contributed by atoms with Gasteiger partial charge in [0.15, 0.2) is 0 Å². The molecule has 0 atom stereocenters. The largest absolute Gasteiger partial charge is 0.366 e. The highest BCUT2D eigenvalue weighted by atomic mass is 19.1. The van der Waals surface area contributed by atoms with Crippen LogP contribution in [0, 0.1) is 5.82 Å². The molecular formula is C22H27FN4O2. The van der Waals surface area contributed by atoms with Gasteiger partial charge in [0.2, 0.25) is 0 Å². The summed E-state index contributed by atoms with van der Waals surface area (Å²) in [6.45, 7) is 4.83. The third-order valence-electron chi connectivity index (χ3n) is 5.19. The van der Waals surface area contributed by atoms with Gasteiger partial charge in [0.1, 0.15) is 5.82 Å². The molecule has 0 radical (unpaired) electrons. The van der Waals surface area contributed by atoms with Gasteiger partial charge >= 0.3 is 0 Å². The first-order valence-electron chi connectivity index (χ1n) is 10.0. The molecule has 1 aliphatic heterocycles. The standard InChI is InChI=1S/C22H27FN4O2/c1-3-4-9-25(2)21(28)17-14-18(16-24-15-17)22(29)27-12-10-26(11-13-27)20-8-6-5-7-19(20)23/h5-8,14-16H,3-4,9-13H2,1-2H3. The average molecular weight is 398 g/mol. The van der Waals surface area contributed by atoms with E-state index in [2.05, 4.69) is 11.9 Å². The lowest BCUT2D eigenvalue weighted by Crippen LogP contribution is -2.49. The number of nitrogens with zero attached hydrogens (tertiary/aromatic N) is 4. The molecule has 29 heavy (non-hydrogen) atoms. The lowest BCUT2D eigenvalue weighted by atomic mass is 10.1. The number of carbonyl (C=O) groups excluding carboxylic acids is 2. The molecule has 2 heterocycles. The highest BCUT2D eigenvalue weighted by Gasteiger charge is 2.24. The second-order valence-electron chi connectivity index (χ2n) is 7.27. The Bertz CT molecular complexity index is 865. The maximum Gasteiger partial charge on any atom is 0.255 e. The fourth-order valence-corrected chi connectivity index (χ4v) is 3.43. The van der Waals surface area contributed by atoms with E-state index in [0.717, 1.165) is 12.8 Å². The van der Waals surface area contributed by atoms with Crippen molar-refractivity contribution in [2.24, 2.45) is 0 Å². The lowest BCUT2D eigenvalue weighted by Gasteiger charge is -2.36. The predicted octanol–water partition coefficient (Wildman–Crippen LogP) is 3.06. The Morgan fingerprint density at radius 1 is 1.10 bits per heavy atom. The van der Waals surface area contributed by atoms with E-state index in [9.17, 15) is 14.0 Å². The van der Waals surface area contributed by atoms with Crippen LogP contribution < -0.4 is 4.90 Å². The van der Waals surface area contributed by atoms with Crippen LogP contribution in [0.3, 0.4) is 0 Å². The van der Waals surface area contributed by atoms with E-state index in [1.54, 1.807) is 35.0 Å². The summed E-state index contributed by atoms with van der Waals surface area (Å²) in [5.41, 5.74) is 1.38. The number of piperazine rings is 1. The molecule has 0 bridgehead atoms. The number of anilines is 1. The van der Waals surface area contributed by atoms with Crippen molar-refractivity contribution in [1.29, 1.82) is 0 Å². The fourth-order valence-electron chi connectivity index (χ4n) is 3.43. The van der Waals surface area contributed by atoms with Crippen LogP contribution in [0.2, 0.25) is 0 Å². The number of aromatic nitrogens is 1. The molecule has 6 nitrogen and oxygen atoms in total. The van der Waals surface area contributed by atoms with Gasteiger partial charge in [0.05, 0.1) is 16.8 Å². The summed E-state index contributed by atoms with van der Waals surface area (Å²) < 4.78 is 14.0. The van der Waals surface area contributed by atoms with Gasteiger partial charge in [-0.25, -0.2) is 4.39 Å². The molecule has 0 saturated carbocycles. The quantitative estimate of drug-likeness (QED) is 0.751. The normalized spacial score (nSPS) is 14.0. The van der Waals surface area contributed by atoms with Crippen molar-refractivity contribution in [2.45, 2.75) is 19.8 Å². The predicted molar refractivity (Wildman–Crippen MR) is 111 cm³/mol. The van der Waals surface area contributed by atoms with Crippen molar-refractivity contribution in [1.82, 2.24) is 14.8 Å². The van der Waals surface area contributed by atoms with Crippen molar-refractivity contribution in [2.75, 3.05) is 44.7 Å². The second-order valence-corrected chi connectivity index (χ2v) is 7.27. The smallest absolute Gasteiger partial charge is 0.255 e. The summed E-state index contributed by atoms with van der Waals surface area (Å²) in [5.74, 6) is -0.545. The number of carbonyl (C=O) groups is 2. The molecule has 0 aliphatic carbocycles. The molecule has 1 aromatic carbocycles. The van der Waals surface area contributed by atoms with Gasteiger partial charge in [-0.05, 0) is 24.6 Å². The van der Waals surface area contributed by atoms with Gasteiger partial charge in [-0.15, -0.1) is 0 Å². The molecule has 1 aliphatic rings. The van der Waals surface area contributed by atoms with Crippen molar-refractivity contribution in [3.8, 4) is 0 Å². The number of hydrogen-bond donors (Lipinski definition) is 0. The van der Waals surface area contributed by atoms with Crippen LogP contribution in [-0.4, -0.2) is 66.4 Å². The van der Waals surface area contributed by atoms with Gasteiger partial charge in [0.25, 0.3) is 11.8 Å². The first-order valence-corrected chi connectivity index (χ1v) is 10.0. The SMILES string of the molecule is CCCCN(C)C(=O)c1cncc(C(=O)N2CCN(c3ccccc3F)CC2)c1. The minimum atomic E-state index is -0.255. The number of benzene rings is 1. The summed E-state index contributed by atoms with van der Waals surface area (Å²) in [5, 5.41) is 0. The van der Waals surface area contributed by atoms with E-state index >= 15 is 0 Å². The van der Waals surface area contributed by atoms with Gasteiger partial charge in [0, 0.05) is 52.2 Å². The molecule has 2 aromatic rings. The molecule has 2 amide bonds. The summed E-state index contributed by atoms with van der Waals surface area (Å²) in [6.07, 6.45) is 4.93. The Morgan fingerprint density at radius 2 is 1.79 bits per heavy atom. The number of pyridine rings is 1. The molecule has 0 unspecified atom stereocenters. The number of hydrogen-bond acceptors (Lipinski definition) is 4. The van der Waals surface area contributed by atoms with Crippen LogP contribution in [0.4, 0.5) is 10.1 Å². The lowest BCUT2D eigenvalue weighted by molar-refractivity contribution is 0.0746. The van der Waals surface area contributed by atoms with Gasteiger partial charge in [-0.1, -0.05) is 25.5 Å². The minimum absolute atomic E-state index is 0.134. The topological polar surface area (TPSA) is 56.8 Å². The molecular weight excluding hydrogens is 371 g/mol. The van der Waals surface area contributed by atoms with E-state index in [1.807, 2.05) is 11.0 Å². The zero-order chi connectivity index (χ0) is 20.8. The highest BCUT2D eigenvalue weighted by molar-refractivity contribution is 5.99. The third kappa shape index (κ3) is 4.91. The van der Waals surface area contributed by atoms with Crippen LogP contribution in [0.1, 0.15) is 40.5 Å². The zero-order valence-corrected chi connectivity index (χ0v) is 17.0. The average Bonchev–Trinajstić information content (AvgIpc) is 2.77. The maximum absolute atomic E-state index is 14.0. The van der Waals surface area contributed by atoms with E-state index < -0.39 is 0 Å². The molecule has 0 N–H and O–H groups in total. The maximum atomic E-state index is 14.0. The molecule has 1 fully saturated rings. The second kappa shape index (κ2) is 9.49. The molecule has 1 saturated heterocycles. The third-order valence-corrected chi connectivity index (χ3v) is 5.19. The summed E-state index contributed by atoms with van der Waals surface area (Å²) in [7, 11) is 1.76. The number of amides is 2. The van der Waals surface area contributed by atoms with E-state index in [1.165, 1.54) is 18.5 Å². The van der Waals surface area contributed by atoms with Gasteiger partial charge in [-0.3, -0.25) is 14.6 Å².